The zero-order valence-corrected chi connectivity index (χ0v) is 20.3. The number of anilines is 1. The van der Waals surface area contributed by atoms with Gasteiger partial charge in [-0.25, -0.2) is 9.78 Å². The number of benzene rings is 2. The third kappa shape index (κ3) is 6.81. The Hall–Kier alpha value is -3.94. The minimum Gasteiger partial charge on any atom is -0.480 e. The van der Waals surface area contributed by atoms with Crippen molar-refractivity contribution in [1.82, 2.24) is 15.6 Å². The number of aromatic nitrogens is 1. The lowest BCUT2D eigenvalue weighted by Gasteiger charge is -2.17. The van der Waals surface area contributed by atoms with E-state index in [1.165, 1.54) is 5.56 Å². The second-order valence-electron chi connectivity index (χ2n) is 9.11. The second-order valence-corrected chi connectivity index (χ2v) is 9.11. The van der Waals surface area contributed by atoms with Gasteiger partial charge in [0, 0.05) is 30.8 Å². The van der Waals surface area contributed by atoms with E-state index in [1.807, 2.05) is 30.3 Å². The zero-order valence-electron chi connectivity index (χ0n) is 20.3. The molecule has 188 valence electrons. The van der Waals surface area contributed by atoms with Crippen LogP contribution in [-0.2, 0) is 22.4 Å². The number of nitrogens with zero attached hydrogens (tertiary/aromatic N) is 1. The van der Waals surface area contributed by atoms with Crippen LogP contribution in [0.1, 0.15) is 53.7 Å². The molecule has 4 N–H and O–H groups in total. The summed E-state index contributed by atoms with van der Waals surface area (Å²) in [4.78, 5) is 41.1. The number of rotatable bonds is 11. The molecule has 1 unspecified atom stereocenters. The number of carboxylic acid groups (broad SMARTS) is 1. The maximum Gasteiger partial charge on any atom is 0.326 e. The molecule has 0 saturated heterocycles. The topological polar surface area (TPSA) is 120 Å². The summed E-state index contributed by atoms with van der Waals surface area (Å²) in [6.07, 6.45) is 5.04. The van der Waals surface area contributed by atoms with Gasteiger partial charge in [-0.1, -0.05) is 36.4 Å². The van der Waals surface area contributed by atoms with Crippen LogP contribution in [0.15, 0.2) is 54.6 Å². The summed E-state index contributed by atoms with van der Waals surface area (Å²) >= 11 is 0. The first-order valence-corrected chi connectivity index (χ1v) is 12.5. The minimum absolute atomic E-state index is 0.104. The third-order valence-electron chi connectivity index (χ3n) is 6.41. The van der Waals surface area contributed by atoms with Crippen LogP contribution in [0.2, 0.25) is 0 Å². The molecule has 0 fully saturated rings. The summed E-state index contributed by atoms with van der Waals surface area (Å²) < 4.78 is 0. The van der Waals surface area contributed by atoms with E-state index in [0.29, 0.717) is 12.0 Å². The van der Waals surface area contributed by atoms with E-state index in [-0.39, 0.29) is 18.9 Å². The molecule has 0 aliphatic carbocycles. The van der Waals surface area contributed by atoms with Crippen molar-refractivity contribution in [3.63, 3.8) is 0 Å². The van der Waals surface area contributed by atoms with Crippen LogP contribution < -0.4 is 16.0 Å². The van der Waals surface area contributed by atoms with Gasteiger partial charge in [0.05, 0.1) is 0 Å². The summed E-state index contributed by atoms with van der Waals surface area (Å²) in [5.74, 6) is -0.729. The monoisotopic (exact) mass is 488 g/mol. The SMILES string of the molecule is O=C(CCCCc1ccc2c(n1)NCCC2)NCCC(NC(=O)c1ccc2ccccc2c1)C(=O)O. The lowest BCUT2D eigenvalue weighted by molar-refractivity contribution is -0.139. The number of carboxylic acids is 1. The molecular formula is C28H32N4O4. The lowest BCUT2D eigenvalue weighted by atomic mass is 10.1. The maximum absolute atomic E-state index is 12.6. The summed E-state index contributed by atoms with van der Waals surface area (Å²) in [7, 11) is 0. The molecule has 8 heteroatoms. The Morgan fingerprint density at radius 2 is 1.86 bits per heavy atom. The first kappa shape index (κ1) is 25.2. The van der Waals surface area contributed by atoms with Crippen molar-refractivity contribution in [1.29, 1.82) is 0 Å². The normalized spacial score (nSPS) is 13.3. The number of aryl methyl sites for hydroxylation is 2. The van der Waals surface area contributed by atoms with Crippen LogP contribution in [0.4, 0.5) is 5.82 Å². The molecule has 0 bridgehead atoms. The molecule has 1 atom stereocenters. The number of hydrogen-bond donors (Lipinski definition) is 4. The van der Waals surface area contributed by atoms with Crippen LogP contribution in [0.5, 0.6) is 0 Å². The van der Waals surface area contributed by atoms with Crippen molar-refractivity contribution in [3.8, 4) is 0 Å². The van der Waals surface area contributed by atoms with Crippen molar-refractivity contribution >= 4 is 34.4 Å². The first-order chi connectivity index (χ1) is 17.5. The van der Waals surface area contributed by atoms with Crippen LogP contribution in [0, 0.1) is 0 Å². The molecule has 8 nitrogen and oxygen atoms in total. The quantitative estimate of drug-likeness (QED) is 0.306. The van der Waals surface area contributed by atoms with E-state index in [2.05, 4.69) is 33.1 Å². The van der Waals surface area contributed by atoms with Crippen LogP contribution in [0.25, 0.3) is 10.8 Å². The minimum atomic E-state index is -1.13. The largest absolute Gasteiger partial charge is 0.480 e. The summed E-state index contributed by atoms with van der Waals surface area (Å²) in [6, 6.07) is 16.0. The Morgan fingerprint density at radius 3 is 2.69 bits per heavy atom. The fraction of sp³-hybridized carbons (Fsp3) is 0.357. The van der Waals surface area contributed by atoms with Crippen molar-refractivity contribution in [3.05, 3.63) is 71.4 Å². The fourth-order valence-electron chi connectivity index (χ4n) is 4.37. The van der Waals surface area contributed by atoms with E-state index in [1.54, 1.807) is 12.1 Å². The molecule has 0 spiro atoms. The van der Waals surface area contributed by atoms with Crippen molar-refractivity contribution in [2.75, 3.05) is 18.4 Å². The third-order valence-corrected chi connectivity index (χ3v) is 6.41. The number of amides is 2. The van der Waals surface area contributed by atoms with Gasteiger partial charge in [0.25, 0.3) is 5.91 Å². The highest BCUT2D eigenvalue weighted by Gasteiger charge is 2.21. The highest BCUT2D eigenvalue weighted by atomic mass is 16.4. The standard InChI is InChI=1S/C28H32N4O4/c33-25(10-4-3-9-23-14-13-20-8-5-16-30-26(20)31-23)29-17-15-24(28(35)36)32-27(34)22-12-11-19-6-1-2-7-21(19)18-22/h1-2,6-7,11-14,18,24H,3-5,8-10,15-17H2,(H,29,33)(H,30,31)(H,32,34)(H,35,36). The van der Waals surface area contributed by atoms with Gasteiger partial charge in [0.15, 0.2) is 0 Å². The number of nitrogens with one attached hydrogen (secondary N) is 3. The average Bonchev–Trinajstić information content (AvgIpc) is 2.90. The van der Waals surface area contributed by atoms with Gasteiger partial charge in [-0.2, -0.15) is 0 Å². The van der Waals surface area contributed by atoms with Crippen molar-refractivity contribution in [2.24, 2.45) is 0 Å². The Morgan fingerprint density at radius 1 is 1.03 bits per heavy atom. The first-order valence-electron chi connectivity index (χ1n) is 12.5. The number of carbonyl (C=O) groups excluding carboxylic acids is 2. The lowest BCUT2D eigenvalue weighted by Crippen LogP contribution is -2.43. The van der Waals surface area contributed by atoms with Crippen molar-refractivity contribution in [2.45, 2.75) is 51.0 Å². The molecule has 2 heterocycles. The molecule has 1 aromatic heterocycles. The molecular weight excluding hydrogens is 456 g/mol. The number of pyridine rings is 1. The maximum atomic E-state index is 12.6. The van der Waals surface area contributed by atoms with Gasteiger partial charge in [-0.15, -0.1) is 0 Å². The van der Waals surface area contributed by atoms with Gasteiger partial charge in [0.2, 0.25) is 5.91 Å². The molecule has 4 rings (SSSR count). The van der Waals surface area contributed by atoms with Gasteiger partial charge >= 0.3 is 5.97 Å². The predicted octanol–water partition coefficient (Wildman–Crippen LogP) is 3.70. The van der Waals surface area contributed by atoms with E-state index >= 15 is 0 Å². The van der Waals surface area contributed by atoms with Gasteiger partial charge in [-0.05, 0) is 73.1 Å². The second kappa shape index (κ2) is 12.2. The summed E-state index contributed by atoms with van der Waals surface area (Å²) in [6.45, 7) is 1.13. The molecule has 1 aliphatic heterocycles. The number of aliphatic carboxylic acids is 1. The highest BCUT2D eigenvalue weighted by molar-refractivity contribution is 6.00. The van der Waals surface area contributed by atoms with Crippen LogP contribution >= 0.6 is 0 Å². The summed E-state index contributed by atoms with van der Waals surface area (Å²) in [5.41, 5.74) is 2.68. The number of fused-ring (bicyclic) bond motifs is 2. The predicted molar refractivity (Wildman–Crippen MR) is 139 cm³/mol. The van der Waals surface area contributed by atoms with Gasteiger partial charge < -0.3 is 21.1 Å². The number of carbonyl (C=O) groups is 3. The van der Waals surface area contributed by atoms with Crippen molar-refractivity contribution < 1.29 is 19.5 Å². The van der Waals surface area contributed by atoms with Crippen LogP contribution in [-0.4, -0.2) is 47.0 Å². The Bertz CT molecular complexity index is 1240. The molecule has 0 saturated carbocycles. The number of unbranched alkanes of at least 4 members (excludes halogenated alkanes) is 1. The van der Waals surface area contributed by atoms with E-state index in [4.69, 9.17) is 0 Å². The molecule has 2 aromatic carbocycles. The van der Waals surface area contributed by atoms with E-state index in [9.17, 15) is 19.5 Å². The van der Waals surface area contributed by atoms with Gasteiger partial charge in [0.1, 0.15) is 11.9 Å². The Balaban J connectivity index is 1.17. The zero-order chi connectivity index (χ0) is 25.3. The van der Waals surface area contributed by atoms with E-state index in [0.717, 1.165) is 60.9 Å². The van der Waals surface area contributed by atoms with Crippen LogP contribution in [0.3, 0.4) is 0 Å². The molecule has 1 aliphatic rings. The Labute approximate surface area is 210 Å². The fourth-order valence-corrected chi connectivity index (χ4v) is 4.37. The molecule has 3 aromatic rings. The molecule has 36 heavy (non-hydrogen) atoms. The summed E-state index contributed by atoms with van der Waals surface area (Å²) in [5, 5.41) is 20.1. The van der Waals surface area contributed by atoms with E-state index < -0.39 is 17.9 Å². The molecule has 0 radical (unpaired) electrons. The average molecular weight is 489 g/mol. The van der Waals surface area contributed by atoms with Gasteiger partial charge in [-0.3, -0.25) is 9.59 Å². The smallest absolute Gasteiger partial charge is 0.326 e. The highest BCUT2D eigenvalue weighted by Crippen LogP contribution is 2.20. The number of hydrogen-bond acceptors (Lipinski definition) is 5. The Kier molecular flexibility index (Phi) is 8.49. The molecule has 2 amide bonds.